The molecule has 1 saturated carbocycles. The van der Waals surface area contributed by atoms with Crippen molar-refractivity contribution in [2.75, 3.05) is 11.9 Å². The van der Waals surface area contributed by atoms with Gasteiger partial charge < -0.3 is 20.5 Å². The van der Waals surface area contributed by atoms with E-state index in [1.807, 2.05) is 38.1 Å². The largest absolute Gasteiger partial charge is 0.490 e. The number of ether oxygens (including phenoxy) is 1. The Kier molecular flexibility index (Phi) is 6.49. The van der Waals surface area contributed by atoms with Crippen molar-refractivity contribution < 1.29 is 14.6 Å². The monoisotopic (exact) mass is 334 g/mol. The van der Waals surface area contributed by atoms with Crippen molar-refractivity contribution in [3.63, 3.8) is 0 Å². The molecule has 24 heavy (non-hydrogen) atoms. The zero-order valence-corrected chi connectivity index (χ0v) is 15.0. The lowest BCUT2D eigenvalue weighted by Gasteiger charge is -2.26. The molecule has 5 heteroatoms. The third kappa shape index (κ3) is 6.40. The molecule has 1 aliphatic carbocycles. The first-order chi connectivity index (χ1) is 11.3. The number of benzene rings is 1. The van der Waals surface area contributed by atoms with Crippen LogP contribution in [0.5, 0.6) is 5.75 Å². The fraction of sp³-hybridized carbons (Fsp3) is 0.632. The number of nitrogens with one attached hydrogen (secondary N) is 2. The summed E-state index contributed by atoms with van der Waals surface area (Å²) in [4.78, 5) is 12.1. The van der Waals surface area contributed by atoms with Crippen LogP contribution in [0.3, 0.4) is 0 Å². The minimum Gasteiger partial charge on any atom is -0.490 e. The van der Waals surface area contributed by atoms with E-state index in [4.69, 9.17) is 4.74 Å². The minimum atomic E-state index is -0.380. The van der Waals surface area contributed by atoms with Crippen LogP contribution in [0.1, 0.15) is 52.9 Å². The first kappa shape index (κ1) is 18.6. The number of aliphatic hydroxyl groups is 1. The number of carbonyl (C=O) groups excluding carboxylic acids is 1. The average molecular weight is 334 g/mol. The van der Waals surface area contributed by atoms with Crippen molar-refractivity contribution in [3.05, 3.63) is 24.3 Å². The summed E-state index contributed by atoms with van der Waals surface area (Å²) in [5.41, 5.74) is 0.565. The maximum absolute atomic E-state index is 12.1. The van der Waals surface area contributed by atoms with Crippen molar-refractivity contribution in [3.8, 4) is 5.75 Å². The molecule has 1 aromatic carbocycles. The molecule has 3 N–H and O–H groups in total. The van der Waals surface area contributed by atoms with Gasteiger partial charge in [0.2, 0.25) is 0 Å². The van der Waals surface area contributed by atoms with Gasteiger partial charge in [-0.2, -0.15) is 0 Å². The Hall–Kier alpha value is -1.75. The number of carbonyl (C=O) groups is 1. The Morgan fingerprint density at radius 1 is 1.38 bits per heavy atom. The van der Waals surface area contributed by atoms with E-state index in [-0.39, 0.29) is 17.6 Å². The number of hydrogen-bond acceptors (Lipinski definition) is 3. The van der Waals surface area contributed by atoms with Crippen molar-refractivity contribution in [1.82, 2.24) is 5.32 Å². The normalized spacial score (nSPS) is 16.7. The smallest absolute Gasteiger partial charge is 0.319 e. The SMILES string of the molecule is CC(O)CC(C)(C)CNC(=O)Nc1cccc(OC2CCCC2)c1. The highest BCUT2D eigenvalue weighted by molar-refractivity contribution is 5.89. The molecule has 1 atom stereocenters. The summed E-state index contributed by atoms with van der Waals surface area (Å²) in [7, 11) is 0. The molecule has 0 saturated heterocycles. The van der Waals surface area contributed by atoms with Gasteiger partial charge in [0.05, 0.1) is 12.2 Å². The molecule has 1 fully saturated rings. The second kappa shape index (κ2) is 8.38. The van der Waals surface area contributed by atoms with Crippen LogP contribution in [0, 0.1) is 5.41 Å². The first-order valence-corrected chi connectivity index (χ1v) is 8.84. The van der Waals surface area contributed by atoms with Gasteiger partial charge in [-0.15, -0.1) is 0 Å². The minimum absolute atomic E-state index is 0.154. The third-order valence-electron chi connectivity index (χ3n) is 4.27. The molecule has 134 valence electrons. The zero-order chi connectivity index (χ0) is 17.6. The third-order valence-corrected chi connectivity index (χ3v) is 4.27. The molecule has 5 nitrogen and oxygen atoms in total. The van der Waals surface area contributed by atoms with Crippen LogP contribution in [-0.4, -0.2) is 29.9 Å². The molecule has 0 spiro atoms. The fourth-order valence-electron chi connectivity index (χ4n) is 3.21. The first-order valence-electron chi connectivity index (χ1n) is 8.84. The van der Waals surface area contributed by atoms with E-state index < -0.39 is 0 Å². The van der Waals surface area contributed by atoms with Gasteiger partial charge in [0.1, 0.15) is 5.75 Å². The van der Waals surface area contributed by atoms with Gasteiger partial charge in [-0.1, -0.05) is 19.9 Å². The Balaban J connectivity index is 1.82. The van der Waals surface area contributed by atoms with Gasteiger partial charge in [0.15, 0.2) is 0 Å². The summed E-state index contributed by atoms with van der Waals surface area (Å²) < 4.78 is 5.96. The lowest BCUT2D eigenvalue weighted by Crippen LogP contribution is -2.38. The summed E-state index contributed by atoms with van der Waals surface area (Å²) in [5.74, 6) is 0.800. The number of rotatable bonds is 7. The summed E-state index contributed by atoms with van der Waals surface area (Å²) >= 11 is 0. The molecule has 2 rings (SSSR count). The lowest BCUT2D eigenvalue weighted by molar-refractivity contribution is 0.129. The average Bonchev–Trinajstić information content (AvgIpc) is 2.97. The van der Waals surface area contributed by atoms with Gasteiger partial charge in [-0.25, -0.2) is 4.79 Å². The Labute approximate surface area is 144 Å². The van der Waals surface area contributed by atoms with Crippen LogP contribution >= 0.6 is 0 Å². The summed E-state index contributed by atoms with van der Waals surface area (Å²) in [6.07, 6.45) is 5.23. The van der Waals surface area contributed by atoms with Crippen LogP contribution in [-0.2, 0) is 0 Å². The molecule has 0 aromatic heterocycles. The highest BCUT2D eigenvalue weighted by Gasteiger charge is 2.21. The summed E-state index contributed by atoms with van der Waals surface area (Å²) in [6, 6.07) is 7.28. The van der Waals surface area contributed by atoms with E-state index in [2.05, 4.69) is 10.6 Å². The quantitative estimate of drug-likeness (QED) is 0.707. The molecule has 0 radical (unpaired) electrons. The second-order valence-electron chi connectivity index (χ2n) is 7.58. The van der Waals surface area contributed by atoms with Crippen LogP contribution in [0.4, 0.5) is 10.5 Å². The van der Waals surface area contributed by atoms with Crippen molar-refractivity contribution in [2.45, 2.75) is 65.1 Å². The van der Waals surface area contributed by atoms with Crippen molar-refractivity contribution in [1.29, 1.82) is 0 Å². The predicted molar refractivity (Wildman–Crippen MR) is 96.4 cm³/mol. The Morgan fingerprint density at radius 2 is 2.08 bits per heavy atom. The number of urea groups is 1. The predicted octanol–water partition coefficient (Wildman–Crippen LogP) is 3.93. The van der Waals surface area contributed by atoms with Crippen LogP contribution in [0.2, 0.25) is 0 Å². The molecule has 1 aromatic rings. The van der Waals surface area contributed by atoms with Crippen LogP contribution in [0.15, 0.2) is 24.3 Å². The fourth-order valence-corrected chi connectivity index (χ4v) is 3.21. The summed E-state index contributed by atoms with van der Waals surface area (Å²) in [6.45, 7) is 6.31. The standard InChI is InChI=1S/C19H30N2O3/c1-14(22)12-19(2,3)13-20-18(23)21-15-7-6-10-17(11-15)24-16-8-4-5-9-16/h6-7,10-11,14,16,22H,4-5,8-9,12-13H2,1-3H3,(H2,20,21,23). The van der Waals surface area contributed by atoms with Crippen molar-refractivity contribution in [2.24, 2.45) is 5.41 Å². The highest BCUT2D eigenvalue weighted by Crippen LogP contribution is 2.26. The van der Waals surface area contributed by atoms with Gasteiger partial charge in [0.25, 0.3) is 0 Å². The van der Waals surface area contributed by atoms with E-state index in [1.165, 1.54) is 12.8 Å². The van der Waals surface area contributed by atoms with E-state index in [9.17, 15) is 9.90 Å². The van der Waals surface area contributed by atoms with Crippen LogP contribution in [0.25, 0.3) is 0 Å². The topological polar surface area (TPSA) is 70.6 Å². The van der Waals surface area contributed by atoms with Gasteiger partial charge in [-0.3, -0.25) is 0 Å². The van der Waals surface area contributed by atoms with E-state index in [1.54, 1.807) is 6.92 Å². The van der Waals surface area contributed by atoms with Gasteiger partial charge in [0, 0.05) is 18.3 Å². The van der Waals surface area contributed by atoms with Gasteiger partial charge >= 0.3 is 6.03 Å². The number of hydrogen-bond donors (Lipinski definition) is 3. The van der Waals surface area contributed by atoms with E-state index in [0.717, 1.165) is 24.3 Å². The maximum atomic E-state index is 12.1. The number of amides is 2. The lowest BCUT2D eigenvalue weighted by atomic mass is 9.87. The highest BCUT2D eigenvalue weighted by atomic mass is 16.5. The number of aliphatic hydroxyl groups excluding tert-OH is 1. The zero-order valence-electron chi connectivity index (χ0n) is 15.0. The molecule has 1 unspecified atom stereocenters. The molecule has 1 aliphatic rings. The van der Waals surface area contributed by atoms with E-state index in [0.29, 0.717) is 19.1 Å². The second-order valence-corrected chi connectivity index (χ2v) is 7.58. The molecular formula is C19H30N2O3. The molecule has 2 amide bonds. The van der Waals surface area contributed by atoms with Gasteiger partial charge in [-0.05, 0) is 56.6 Å². The molecule has 0 aliphatic heterocycles. The maximum Gasteiger partial charge on any atom is 0.319 e. The summed E-state index contributed by atoms with van der Waals surface area (Å²) in [5, 5.41) is 15.2. The molecule has 0 bridgehead atoms. The van der Waals surface area contributed by atoms with Crippen LogP contribution < -0.4 is 15.4 Å². The Bertz CT molecular complexity index is 537. The Morgan fingerprint density at radius 3 is 2.75 bits per heavy atom. The molecule has 0 heterocycles. The molecular weight excluding hydrogens is 304 g/mol. The van der Waals surface area contributed by atoms with E-state index >= 15 is 0 Å². The van der Waals surface area contributed by atoms with Crippen molar-refractivity contribution >= 4 is 11.7 Å². The number of anilines is 1.